The van der Waals surface area contributed by atoms with Crippen LogP contribution in [0.1, 0.15) is 36.0 Å². The Labute approximate surface area is 158 Å². The lowest BCUT2D eigenvalue weighted by atomic mass is 10.2. The minimum Gasteiger partial charge on any atom is -0.481 e. The molecule has 0 unspecified atom stereocenters. The summed E-state index contributed by atoms with van der Waals surface area (Å²) in [7, 11) is 1.52. The molecular formula is C20H24N4O3. The summed E-state index contributed by atoms with van der Waals surface area (Å²) in [5.41, 5.74) is 1.78. The molecule has 0 bridgehead atoms. The van der Waals surface area contributed by atoms with Gasteiger partial charge in [-0.05, 0) is 43.2 Å². The number of nitrogens with zero attached hydrogens (tertiary/aromatic N) is 2. The van der Waals surface area contributed by atoms with Gasteiger partial charge in [-0.2, -0.15) is 0 Å². The van der Waals surface area contributed by atoms with Gasteiger partial charge in [0.05, 0.1) is 12.7 Å². The maximum atomic E-state index is 12.3. The van der Waals surface area contributed by atoms with E-state index in [0.29, 0.717) is 22.8 Å². The topological polar surface area (TPSA) is 83.6 Å². The normalized spacial score (nSPS) is 14.2. The Balaban J connectivity index is 1.56. The van der Waals surface area contributed by atoms with Crippen LogP contribution in [0.5, 0.6) is 5.88 Å². The third-order valence-electron chi connectivity index (χ3n) is 4.49. The maximum absolute atomic E-state index is 12.3. The number of urea groups is 1. The molecule has 1 aromatic carbocycles. The molecule has 2 aromatic rings. The van der Waals surface area contributed by atoms with Gasteiger partial charge >= 0.3 is 6.03 Å². The summed E-state index contributed by atoms with van der Waals surface area (Å²) >= 11 is 0. The van der Waals surface area contributed by atoms with Crippen LogP contribution in [0.15, 0.2) is 42.6 Å². The zero-order valence-electron chi connectivity index (χ0n) is 15.4. The van der Waals surface area contributed by atoms with E-state index in [2.05, 4.69) is 15.6 Å². The molecule has 1 fully saturated rings. The monoisotopic (exact) mass is 368 g/mol. The number of rotatable bonds is 4. The van der Waals surface area contributed by atoms with Crippen molar-refractivity contribution in [1.82, 2.24) is 9.88 Å². The summed E-state index contributed by atoms with van der Waals surface area (Å²) in [5.74, 6) is 0.197. The number of likely N-dealkylation sites (tertiary alicyclic amines) is 1. The zero-order valence-corrected chi connectivity index (χ0v) is 15.4. The summed E-state index contributed by atoms with van der Waals surface area (Å²) in [6, 6.07) is 10.3. The van der Waals surface area contributed by atoms with E-state index in [-0.39, 0.29) is 11.9 Å². The van der Waals surface area contributed by atoms with E-state index < -0.39 is 0 Å². The molecule has 1 aliphatic heterocycles. The van der Waals surface area contributed by atoms with Crippen LogP contribution in [0.3, 0.4) is 0 Å². The van der Waals surface area contributed by atoms with Crippen molar-refractivity contribution in [2.75, 3.05) is 30.8 Å². The summed E-state index contributed by atoms with van der Waals surface area (Å²) < 4.78 is 4.98. The van der Waals surface area contributed by atoms with Gasteiger partial charge < -0.3 is 20.3 Å². The molecule has 0 radical (unpaired) electrons. The molecule has 1 saturated heterocycles. The van der Waals surface area contributed by atoms with Gasteiger partial charge in [0.15, 0.2) is 0 Å². The van der Waals surface area contributed by atoms with Gasteiger partial charge in [-0.1, -0.05) is 12.8 Å². The van der Waals surface area contributed by atoms with Crippen LogP contribution in [-0.4, -0.2) is 42.0 Å². The van der Waals surface area contributed by atoms with Gasteiger partial charge in [-0.3, -0.25) is 4.79 Å². The van der Waals surface area contributed by atoms with Crippen LogP contribution >= 0.6 is 0 Å². The number of benzene rings is 1. The first-order chi connectivity index (χ1) is 13.2. The van der Waals surface area contributed by atoms with Crippen molar-refractivity contribution in [3.63, 3.8) is 0 Å². The molecule has 3 rings (SSSR count). The number of amides is 3. The first-order valence-corrected chi connectivity index (χ1v) is 9.13. The van der Waals surface area contributed by atoms with Crippen molar-refractivity contribution in [2.45, 2.75) is 25.7 Å². The van der Waals surface area contributed by atoms with Gasteiger partial charge in [0.2, 0.25) is 5.88 Å². The quantitative estimate of drug-likeness (QED) is 0.861. The molecule has 0 atom stereocenters. The second-order valence-electron chi connectivity index (χ2n) is 6.45. The highest BCUT2D eigenvalue weighted by atomic mass is 16.5. The van der Waals surface area contributed by atoms with Gasteiger partial charge in [-0.25, -0.2) is 9.78 Å². The average Bonchev–Trinajstić information content (AvgIpc) is 2.99. The Bertz CT molecular complexity index is 767. The van der Waals surface area contributed by atoms with Crippen molar-refractivity contribution in [1.29, 1.82) is 0 Å². The molecule has 1 aromatic heterocycles. The van der Waals surface area contributed by atoms with E-state index in [1.165, 1.54) is 26.1 Å². The van der Waals surface area contributed by atoms with E-state index in [9.17, 15) is 9.59 Å². The number of carbonyl (C=O) groups excluding carboxylic acids is 2. The van der Waals surface area contributed by atoms with Crippen LogP contribution in [-0.2, 0) is 0 Å². The Morgan fingerprint density at radius 3 is 2.11 bits per heavy atom. The van der Waals surface area contributed by atoms with Crippen LogP contribution in [0.2, 0.25) is 0 Å². The molecular weight excluding hydrogens is 344 g/mol. The fraction of sp³-hybridized carbons (Fsp3) is 0.350. The fourth-order valence-corrected chi connectivity index (χ4v) is 2.95. The standard InChI is InChI=1S/C20H24N4O3/c1-27-18-11-6-15(14-21-18)19(25)22-16-7-9-17(10-8-16)23-20(26)24-12-4-2-3-5-13-24/h6-11,14H,2-5,12-13H2,1H3,(H,22,25)(H,23,26). The van der Waals surface area contributed by atoms with E-state index in [4.69, 9.17) is 4.74 Å². The molecule has 3 amide bonds. The number of methoxy groups -OCH3 is 1. The number of ether oxygens (including phenoxy) is 1. The van der Waals surface area contributed by atoms with Gasteiger partial charge in [0.1, 0.15) is 0 Å². The number of hydrogen-bond acceptors (Lipinski definition) is 4. The number of aromatic nitrogens is 1. The van der Waals surface area contributed by atoms with E-state index in [0.717, 1.165) is 25.9 Å². The zero-order chi connectivity index (χ0) is 19.1. The maximum Gasteiger partial charge on any atom is 0.321 e. The molecule has 0 spiro atoms. The van der Waals surface area contributed by atoms with Crippen molar-refractivity contribution >= 4 is 23.3 Å². The van der Waals surface area contributed by atoms with E-state index >= 15 is 0 Å². The van der Waals surface area contributed by atoms with E-state index in [1.807, 2.05) is 4.90 Å². The van der Waals surface area contributed by atoms with Crippen molar-refractivity contribution in [2.24, 2.45) is 0 Å². The number of pyridine rings is 1. The second-order valence-corrected chi connectivity index (χ2v) is 6.45. The molecule has 7 heteroatoms. The molecule has 142 valence electrons. The summed E-state index contributed by atoms with van der Waals surface area (Å²) in [5, 5.41) is 5.72. The summed E-state index contributed by atoms with van der Waals surface area (Å²) in [4.78, 5) is 30.5. The van der Waals surface area contributed by atoms with Gasteiger partial charge in [0.25, 0.3) is 5.91 Å². The number of anilines is 2. The molecule has 2 heterocycles. The minimum atomic E-state index is -0.258. The van der Waals surface area contributed by atoms with Crippen LogP contribution in [0.25, 0.3) is 0 Å². The SMILES string of the molecule is COc1ccc(C(=O)Nc2ccc(NC(=O)N3CCCCCC3)cc2)cn1. The molecule has 7 nitrogen and oxygen atoms in total. The van der Waals surface area contributed by atoms with Crippen LogP contribution in [0.4, 0.5) is 16.2 Å². The Morgan fingerprint density at radius 2 is 1.56 bits per heavy atom. The highest BCUT2D eigenvalue weighted by Gasteiger charge is 2.15. The molecule has 1 aliphatic rings. The molecule has 2 N–H and O–H groups in total. The Kier molecular flexibility index (Phi) is 6.25. The summed E-state index contributed by atoms with van der Waals surface area (Å²) in [6.07, 6.45) is 5.94. The third-order valence-corrected chi connectivity index (χ3v) is 4.49. The van der Waals surface area contributed by atoms with Crippen molar-refractivity contribution in [3.05, 3.63) is 48.2 Å². The lowest BCUT2D eigenvalue weighted by molar-refractivity contribution is 0.102. The van der Waals surface area contributed by atoms with Gasteiger partial charge in [0, 0.05) is 36.7 Å². The van der Waals surface area contributed by atoms with Crippen LogP contribution in [0, 0.1) is 0 Å². The smallest absolute Gasteiger partial charge is 0.321 e. The summed E-state index contributed by atoms with van der Waals surface area (Å²) in [6.45, 7) is 1.60. The van der Waals surface area contributed by atoms with Crippen LogP contribution < -0.4 is 15.4 Å². The highest BCUT2D eigenvalue weighted by molar-refractivity contribution is 6.04. The highest BCUT2D eigenvalue weighted by Crippen LogP contribution is 2.17. The third kappa shape index (κ3) is 5.20. The second kappa shape index (κ2) is 9.02. The van der Waals surface area contributed by atoms with Crippen molar-refractivity contribution < 1.29 is 14.3 Å². The largest absolute Gasteiger partial charge is 0.481 e. The minimum absolute atomic E-state index is 0.0713. The molecule has 27 heavy (non-hydrogen) atoms. The molecule has 0 aliphatic carbocycles. The van der Waals surface area contributed by atoms with Gasteiger partial charge in [-0.15, -0.1) is 0 Å². The number of nitrogens with one attached hydrogen (secondary N) is 2. The number of hydrogen-bond donors (Lipinski definition) is 2. The predicted octanol–water partition coefficient (Wildman–Crippen LogP) is 3.75. The predicted molar refractivity (Wildman–Crippen MR) is 104 cm³/mol. The molecule has 0 saturated carbocycles. The fourth-order valence-electron chi connectivity index (χ4n) is 2.95. The lowest BCUT2D eigenvalue weighted by Gasteiger charge is -2.20. The van der Waals surface area contributed by atoms with Crippen molar-refractivity contribution in [3.8, 4) is 5.88 Å². The Morgan fingerprint density at radius 1 is 0.926 bits per heavy atom. The number of carbonyl (C=O) groups is 2. The lowest BCUT2D eigenvalue weighted by Crippen LogP contribution is -2.35. The Hall–Kier alpha value is -3.09. The first kappa shape index (κ1) is 18.7. The van der Waals surface area contributed by atoms with E-state index in [1.54, 1.807) is 36.4 Å². The average molecular weight is 368 g/mol. The first-order valence-electron chi connectivity index (χ1n) is 9.13.